The Morgan fingerprint density at radius 3 is 2.49 bits per heavy atom. The molecule has 0 fully saturated rings. The molecule has 0 aliphatic heterocycles. The number of thiazole rings is 1. The maximum atomic E-state index is 12.7. The van der Waals surface area contributed by atoms with Crippen molar-refractivity contribution < 1.29 is 17.9 Å². The summed E-state index contributed by atoms with van der Waals surface area (Å²) >= 11 is 1.34. The van der Waals surface area contributed by atoms with Crippen molar-refractivity contribution in [1.82, 2.24) is 4.98 Å². The summed E-state index contributed by atoms with van der Waals surface area (Å²) in [4.78, 5) is 17.0. The molecule has 1 amide bonds. The van der Waals surface area contributed by atoms with Crippen LogP contribution in [-0.4, -0.2) is 26.4 Å². The van der Waals surface area contributed by atoms with E-state index in [4.69, 9.17) is 4.74 Å². The Balaban J connectivity index is 1.36. The van der Waals surface area contributed by atoms with Crippen molar-refractivity contribution in [2.75, 3.05) is 12.4 Å². The summed E-state index contributed by atoms with van der Waals surface area (Å²) in [6, 6.07) is 21.5. The minimum Gasteiger partial charge on any atom is -0.497 e. The molecule has 4 rings (SSSR count). The molecule has 0 aliphatic rings. The fourth-order valence-corrected chi connectivity index (χ4v) is 5.49. The number of rotatable bonds is 8. The largest absolute Gasteiger partial charge is 0.497 e. The van der Waals surface area contributed by atoms with E-state index in [1.165, 1.54) is 17.4 Å². The van der Waals surface area contributed by atoms with Crippen molar-refractivity contribution in [1.29, 1.82) is 0 Å². The van der Waals surface area contributed by atoms with Gasteiger partial charge in [0.25, 0.3) is 0 Å². The van der Waals surface area contributed by atoms with Gasteiger partial charge >= 0.3 is 0 Å². The summed E-state index contributed by atoms with van der Waals surface area (Å²) in [6.07, 6.45) is 3.02. The number of hydrogen-bond donors (Lipinski definition) is 1. The molecule has 0 saturated heterocycles. The molecule has 6 nitrogen and oxygen atoms in total. The molecular formula is C27H24N2O4S2. The van der Waals surface area contributed by atoms with Crippen molar-refractivity contribution in [3.8, 4) is 17.0 Å². The Labute approximate surface area is 208 Å². The molecule has 0 bridgehead atoms. The van der Waals surface area contributed by atoms with E-state index in [1.54, 1.807) is 37.5 Å². The SMILES string of the molecule is COc1ccc(-c2csc(NC(=O)C=Cc3ccc(S(=O)(=O)Cc4cccc(C)c4)cc3)n2)cc1. The average Bonchev–Trinajstić information content (AvgIpc) is 3.31. The zero-order valence-electron chi connectivity index (χ0n) is 19.3. The smallest absolute Gasteiger partial charge is 0.250 e. The number of hydrogen-bond acceptors (Lipinski definition) is 6. The van der Waals surface area contributed by atoms with Crippen LogP contribution in [0.25, 0.3) is 17.3 Å². The first-order valence-electron chi connectivity index (χ1n) is 10.8. The predicted molar refractivity (Wildman–Crippen MR) is 140 cm³/mol. The van der Waals surface area contributed by atoms with Crippen LogP contribution in [0, 0.1) is 6.92 Å². The van der Waals surface area contributed by atoms with Crippen molar-refractivity contribution in [3.63, 3.8) is 0 Å². The van der Waals surface area contributed by atoms with Crippen molar-refractivity contribution in [2.45, 2.75) is 17.6 Å². The van der Waals surface area contributed by atoms with E-state index < -0.39 is 9.84 Å². The Hall–Kier alpha value is -3.75. The highest BCUT2D eigenvalue weighted by Crippen LogP contribution is 2.26. The maximum absolute atomic E-state index is 12.7. The number of benzene rings is 3. The van der Waals surface area contributed by atoms with E-state index in [1.807, 2.05) is 60.8 Å². The van der Waals surface area contributed by atoms with Crippen LogP contribution in [0.4, 0.5) is 5.13 Å². The summed E-state index contributed by atoms with van der Waals surface area (Å²) in [6.45, 7) is 1.93. The molecule has 0 aliphatic carbocycles. The lowest BCUT2D eigenvalue weighted by Gasteiger charge is -2.06. The molecule has 8 heteroatoms. The second kappa shape index (κ2) is 10.7. The normalized spacial score (nSPS) is 11.5. The van der Waals surface area contributed by atoms with E-state index in [-0.39, 0.29) is 16.6 Å². The number of methoxy groups -OCH3 is 1. The lowest BCUT2D eigenvalue weighted by atomic mass is 10.2. The highest BCUT2D eigenvalue weighted by Gasteiger charge is 2.15. The number of aryl methyl sites for hydroxylation is 1. The van der Waals surface area contributed by atoms with Gasteiger partial charge in [0.05, 0.1) is 23.5 Å². The van der Waals surface area contributed by atoms with Crippen LogP contribution in [0.1, 0.15) is 16.7 Å². The number of aromatic nitrogens is 1. The van der Waals surface area contributed by atoms with Gasteiger partial charge in [-0.05, 0) is 60.5 Å². The van der Waals surface area contributed by atoms with E-state index in [0.29, 0.717) is 10.7 Å². The first-order chi connectivity index (χ1) is 16.8. The minimum atomic E-state index is -3.46. The first kappa shape index (κ1) is 24.4. The molecule has 178 valence electrons. The highest BCUT2D eigenvalue weighted by molar-refractivity contribution is 7.90. The van der Waals surface area contributed by atoms with Gasteiger partial charge in [-0.3, -0.25) is 10.1 Å². The molecule has 35 heavy (non-hydrogen) atoms. The lowest BCUT2D eigenvalue weighted by Crippen LogP contribution is -2.07. The van der Waals surface area contributed by atoms with Gasteiger partial charge in [-0.25, -0.2) is 13.4 Å². The van der Waals surface area contributed by atoms with Crippen molar-refractivity contribution in [3.05, 3.63) is 101 Å². The molecule has 0 radical (unpaired) electrons. The third kappa shape index (κ3) is 6.44. The van der Waals surface area contributed by atoms with Gasteiger partial charge in [-0.15, -0.1) is 11.3 Å². The summed E-state index contributed by atoms with van der Waals surface area (Å²) < 4.78 is 30.6. The number of amides is 1. The van der Waals surface area contributed by atoms with Crippen LogP contribution in [0.2, 0.25) is 0 Å². The molecule has 0 saturated carbocycles. The zero-order valence-corrected chi connectivity index (χ0v) is 20.9. The fraction of sp³-hybridized carbons (Fsp3) is 0.111. The molecule has 1 N–H and O–H groups in total. The Morgan fingerprint density at radius 1 is 1.06 bits per heavy atom. The van der Waals surface area contributed by atoms with E-state index >= 15 is 0 Å². The minimum absolute atomic E-state index is 0.0569. The molecule has 3 aromatic carbocycles. The Kier molecular flexibility index (Phi) is 7.43. The van der Waals surface area contributed by atoms with Crippen LogP contribution in [0.5, 0.6) is 5.75 Å². The lowest BCUT2D eigenvalue weighted by molar-refractivity contribution is -0.111. The predicted octanol–water partition coefficient (Wildman–Crippen LogP) is 5.75. The zero-order chi connectivity index (χ0) is 24.8. The van der Waals surface area contributed by atoms with Gasteiger partial charge in [0.2, 0.25) is 5.91 Å². The molecule has 1 aromatic heterocycles. The average molecular weight is 505 g/mol. The Morgan fingerprint density at radius 2 is 1.80 bits per heavy atom. The molecular weight excluding hydrogens is 480 g/mol. The van der Waals surface area contributed by atoms with Gasteiger partial charge in [-0.1, -0.05) is 42.0 Å². The first-order valence-corrected chi connectivity index (χ1v) is 13.3. The maximum Gasteiger partial charge on any atom is 0.250 e. The van der Waals surface area contributed by atoms with Gasteiger partial charge in [0.1, 0.15) is 5.75 Å². The molecule has 0 atom stereocenters. The van der Waals surface area contributed by atoms with E-state index in [2.05, 4.69) is 10.3 Å². The number of ether oxygens (including phenoxy) is 1. The number of carbonyl (C=O) groups excluding carboxylic acids is 1. The van der Waals surface area contributed by atoms with Gasteiger partial charge in [0.15, 0.2) is 15.0 Å². The number of anilines is 1. The van der Waals surface area contributed by atoms with Crippen LogP contribution < -0.4 is 10.1 Å². The fourth-order valence-electron chi connectivity index (χ4n) is 3.44. The van der Waals surface area contributed by atoms with Gasteiger partial charge < -0.3 is 4.74 Å². The summed E-state index contributed by atoms with van der Waals surface area (Å²) in [7, 11) is -1.85. The molecule has 0 spiro atoms. The van der Waals surface area contributed by atoms with Gasteiger partial charge in [-0.2, -0.15) is 0 Å². The van der Waals surface area contributed by atoms with Gasteiger partial charge in [0, 0.05) is 17.0 Å². The summed E-state index contributed by atoms with van der Waals surface area (Å²) in [5.74, 6) is 0.384. The molecule has 1 heterocycles. The molecule has 4 aromatic rings. The van der Waals surface area contributed by atoms with Crippen molar-refractivity contribution >= 4 is 38.3 Å². The molecule has 0 unspecified atom stereocenters. The van der Waals surface area contributed by atoms with E-state index in [0.717, 1.165) is 28.1 Å². The third-order valence-electron chi connectivity index (χ3n) is 5.23. The summed E-state index contributed by atoms with van der Waals surface area (Å²) in [5, 5.41) is 5.11. The van der Waals surface area contributed by atoms with E-state index in [9.17, 15) is 13.2 Å². The second-order valence-corrected chi connectivity index (χ2v) is 10.8. The Bertz CT molecular complexity index is 1460. The van der Waals surface area contributed by atoms with Crippen LogP contribution in [-0.2, 0) is 20.4 Å². The standard InChI is InChI=1S/C27H24N2O4S2/c1-19-4-3-5-21(16-19)18-35(31,32)24-13-6-20(7-14-24)8-15-26(30)29-27-28-25(17-34-27)22-9-11-23(33-2)12-10-22/h3-17H,18H2,1-2H3,(H,28,29,30). The monoisotopic (exact) mass is 504 g/mol. The quantitative estimate of drug-likeness (QED) is 0.309. The highest BCUT2D eigenvalue weighted by atomic mass is 32.2. The van der Waals surface area contributed by atoms with Crippen LogP contribution in [0.3, 0.4) is 0 Å². The number of nitrogens with zero attached hydrogens (tertiary/aromatic N) is 1. The van der Waals surface area contributed by atoms with Crippen LogP contribution >= 0.6 is 11.3 Å². The van der Waals surface area contributed by atoms with Crippen molar-refractivity contribution in [2.24, 2.45) is 0 Å². The number of sulfone groups is 1. The number of nitrogens with one attached hydrogen (secondary N) is 1. The second-order valence-electron chi connectivity index (χ2n) is 7.91. The van der Waals surface area contributed by atoms with Crippen LogP contribution in [0.15, 0.2) is 89.1 Å². The topological polar surface area (TPSA) is 85.4 Å². The summed E-state index contributed by atoms with van der Waals surface area (Å²) in [5.41, 5.74) is 4.18. The third-order valence-corrected chi connectivity index (χ3v) is 7.69. The number of carbonyl (C=O) groups is 1.